The van der Waals surface area contributed by atoms with Gasteiger partial charge in [0.15, 0.2) is 0 Å². The van der Waals surface area contributed by atoms with Gasteiger partial charge in [0.25, 0.3) is 0 Å². The maximum atomic E-state index is 11.6. The smallest absolute Gasteiger partial charge is 0.242 e. The van der Waals surface area contributed by atoms with Crippen LogP contribution in [0.5, 0.6) is 0 Å². The van der Waals surface area contributed by atoms with E-state index in [1.165, 1.54) is 0 Å². The van der Waals surface area contributed by atoms with Crippen LogP contribution in [0.3, 0.4) is 0 Å². The molecule has 0 radical (unpaired) electrons. The summed E-state index contributed by atoms with van der Waals surface area (Å²) >= 11 is 1.64. The van der Waals surface area contributed by atoms with E-state index >= 15 is 0 Å². The first kappa shape index (κ1) is 16.2. The van der Waals surface area contributed by atoms with E-state index in [9.17, 15) is 9.59 Å². The van der Waals surface area contributed by atoms with Crippen molar-refractivity contribution in [3.8, 4) is 0 Å². The zero-order valence-corrected chi connectivity index (χ0v) is 11.6. The molecule has 0 bridgehead atoms. The van der Waals surface area contributed by atoms with Crippen LogP contribution in [0.25, 0.3) is 0 Å². The number of nitrogens with two attached hydrogens (primary N) is 1. The molecular weight excluding hydrogens is 238 g/mol. The second kappa shape index (κ2) is 9.30. The van der Waals surface area contributed by atoms with Gasteiger partial charge in [0.05, 0.1) is 6.04 Å². The molecule has 2 atom stereocenters. The number of carbonyl (C=O) groups is 2. The lowest BCUT2D eigenvalue weighted by Gasteiger charge is -2.17. The van der Waals surface area contributed by atoms with Gasteiger partial charge in [0.2, 0.25) is 11.8 Å². The van der Waals surface area contributed by atoms with Crippen molar-refractivity contribution in [3.63, 3.8) is 0 Å². The van der Waals surface area contributed by atoms with Gasteiger partial charge in [-0.3, -0.25) is 9.59 Å². The highest BCUT2D eigenvalue weighted by Gasteiger charge is 2.19. The number of rotatable bonds is 8. The van der Waals surface area contributed by atoms with Crippen LogP contribution in [-0.4, -0.2) is 42.5 Å². The molecule has 6 heteroatoms. The average molecular weight is 261 g/mol. The molecule has 0 aliphatic heterocycles. The number of nitrogens with one attached hydrogen (secondary N) is 2. The summed E-state index contributed by atoms with van der Waals surface area (Å²) in [7, 11) is 0. The Labute approximate surface area is 107 Å². The fraction of sp³-hybridized carbons (Fsp3) is 0.818. The van der Waals surface area contributed by atoms with Gasteiger partial charge in [-0.05, 0) is 31.8 Å². The molecule has 0 saturated heterocycles. The Kier molecular flexibility index (Phi) is 8.89. The fourth-order valence-electron chi connectivity index (χ4n) is 1.16. The number of thioether (sulfide) groups is 1. The minimum Gasteiger partial charge on any atom is -0.354 e. The van der Waals surface area contributed by atoms with Crippen LogP contribution in [0.1, 0.15) is 26.7 Å². The maximum absolute atomic E-state index is 11.6. The summed E-state index contributed by atoms with van der Waals surface area (Å²) < 4.78 is 0. The molecule has 0 aromatic heterocycles. The predicted octanol–water partition coefficient (Wildman–Crippen LogP) is 0.0977. The Hall–Kier alpha value is -0.750. The molecule has 100 valence electrons. The minimum atomic E-state index is -0.538. The van der Waals surface area contributed by atoms with Crippen LogP contribution in [0.4, 0.5) is 0 Å². The van der Waals surface area contributed by atoms with Gasteiger partial charge in [0.1, 0.15) is 6.04 Å². The Bertz CT molecular complexity index is 249. The fourth-order valence-corrected chi connectivity index (χ4v) is 1.65. The molecule has 0 heterocycles. The van der Waals surface area contributed by atoms with Crippen LogP contribution < -0.4 is 16.4 Å². The van der Waals surface area contributed by atoms with Gasteiger partial charge in [0, 0.05) is 6.54 Å². The first-order chi connectivity index (χ1) is 8.02. The molecule has 0 saturated carbocycles. The average Bonchev–Trinajstić information content (AvgIpc) is 2.32. The molecule has 1 unspecified atom stereocenters. The van der Waals surface area contributed by atoms with Crippen molar-refractivity contribution < 1.29 is 9.59 Å². The molecule has 0 aromatic rings. The second-order valence-electron chi connectivity index (χ2n) is 3.91. The van der Waals surface area contributed by atoms with Gasteiger partial charge in [-0.25, -0.2) is 0 Å². The Morgan fingerprint density at radius 1 is 1.35 bits per heavy atom. The van der Waals surface area contributed by atoms with E-state index in [1.54, 1.807) is 18.7 Å². The molecule has 2 amide bonds. The van der Waals surface area contributed by atoms with Crippen molar-refractivity contribution in [2.24, 2.45) is 5.73 Å². The lowest BCUT2D eigenvalue weighted by Crippen LogP contribution is -2.50. The summed E-state index contributed by atoms with van der Waals surface area (Å²) in [6.45, 7) is 4.25. The maximum Gasteiger partial charge on any atom is 0.242 e. The number of amides is 2. The standard InChI is InChI=1S/C11H23N3O2S/c1-4-6-13-10(15)8(2)14-11(16)9(12)5-7-17-3/h8-9H,4-7,12H2,1-3H3,(H,13,15)(H,14,16)/t8?,9-/m1/s1. The highest BCUT2D eigenvalue weighted by Crippen LogP contribution is 1.99. The van der Waals surface area contributed by atoms with E-state index in [1.807, 2.05) is 13.2 Å². The minimum absolute atomic E-state index is 0.169. The quantitative estimate of drug-likeness (QED) is 0.578. The highest BCUT2D eigenvalue weighted by atomic mass is 32.2. The third-order valence-corrected chi connectivity index (χ3v) is 2.91. The number of hydrogen-bond acceptors (Lipinski definition) is 4. The molecule has 5 nitrogen and oxygen atoms in total. The molecule has 0 aromatic carbocycles. The van der Waals surface area contributed by atoms with Crippen molar-refractivity contribution in [3.05, 3.63) is 0 Å². The van der Waals surface area contributed by atoms with Gasteiger partial charge in [-0.2, -0.15) is 11.8 Å². The van der Waals surface area contributed by atoms with Crippen molar-refractivity contribution in [2.45, 2.75) is 38.8 Å². The summed E-state index contributed by atoms with van der Waals surface area (Å²) in [6.07, 6.45) is 3.46. The zero-order valence-electron chi connectivity index (χ0n) is 10.8. The summed E-state index contributed by atoms with van der Waals surface area (Å²) in [4.78, 5) is 23.1. The largest absolute Gasteiger partial charge is 0.354 e. The van der Waals surface area contributed by atoms with Crippen LogP contribution >= 0.6 is 11.8 Å². The first-order valence-corrected chi connectivity index (χ1v) is 7.24. The lowest BCUT2D eigenvalue weighted by atomic mass is 10.2. The summed E-state index contributed by atoms with van der Waals surface area (Å²) in [5.41, 5.74) is 5.69. The van der Waals surface area contributed by atoms with E-state index in [4.69, 9.17) is 5.73 Å². The van der Waals surface area contributed by atoms with Crippen LogP contribution in [0.2, 0.25) is 0 Å². The van der Waals surface area contributed by atoms with Gasteiger partial charge in [-0.1, -0.05) is 6.92 Å². The van der Waals surface area contributed by atoms with Crippen molar-refractivity contribution in [1.82, 2.24) is 10.6 Å². The monoisotopic (exact) mass is 261 g/mol. The molecule has 17 heavy (non-hydrogen) atoms. The van der Waals surface area contributed by atoms with E-state index < -0.39 is 12.1 Å². The topological polar surface area (TPSA) is 84.2 Å². The van der Waals surface area contributed by atoms with Crippen LogP contribution in [0.15, 0.2) is 0 Å². The molecule has 0 rings (SSSR count). The third kappa shape index (κ3) is 7.23. The molecule has 0 fully saturated rings. The second-order valence-corrected chi connectivity index (χ2v) is 4.89. The van der Waals surface area contributed by atoms with Crippen LogP contribution in [-0.2, 0) is 9.59 Å². The predicted molar refractivity (Wildman–Crippen MR) is 71.9 cm³/mol. The van der Waals surface area contributed by atoms with E-state index in [-0.39, 0.29) is 11.8 Å². The van der Waals surface area contributed by atoms with Crippen molar-refractivity contribution in [1.29, 1.82) is 0 Å². The highest BCUT2D eigenvalue weighted by molar-refractivity contribution is 7.98. The molecule has 0 aliphatic carbocycles. The molecule has 0 aliphatic rings. The molecule has 0 spiro atoms. The normalized spacial score (nSPS) is 13.9. The van der Waals surface area contributed by atoms with Gasteiger partial charge >= 0.3 is 0 Å². The third-order valence-electron chi connectivity index (χ3n) is 2.27. The summed E-state index contributed by atoms with van der Waals surface area (Å²) in [6, 6.07) is -1.07. The zero-order chi connectivity index (χ0) is 13.3. The summed E-state index contributed by atoms with van der Waals surface area (Å²) in [5.74, 6) is 0.404. The molecule has 4 N–H and O–H groups in total. The van der Waals surface area contributed by atoms with Gasteiger partial charge < -0.3 is 16.4 Å². The number of carbonyl (C=O) groups excluding carboxylic acids is 2. The van der Waals surface area contributed by atoms with E-state index in [0.29, 0.717) is 13.0 Å². The number of hydrogen-bond donors (Lipinski definition) is 3. The van der Waals surface area contributed by atoms with Crippen LogP contribution in [0, 0.1) is 0 Å². The first-order valence-electron chi connectivity index (χ1n) is 5.85. The van der Waals surface area contributed by atoms with Crippen molar-refractivity contribution in [2.75, 3.05) is 18.6 Å². The summed E-state index contributed by atoms with van der Waals surface area (Å²) in [5, 5.41) is 5.33. The van der Waals surface area contributed by atoms with Gasteiger partial charge in [-0.15, -0.1) is 0 Å². The SMILES string of the molecule is CCCNC(=O)C(C)NC(=O)[C@H](N)CCSC. The molecular formula is C11H23N3O2S. The van der Waals surface area contributed by atoms with E-state index in [2.05, 4.69) is 10.6 Å². The Morgan fingerprint density at radius 3 is 2.53 bits per heavy atom. The Morgan fingerprint density at radius 2 is 2.00 bits per heavy atom. The van der Waals surface area contributed by atoms with Crippen molar-refractivity contribution >= 4 is 23.6 Å². The lowest BCUT2D eigenvalue weighted by molar-refractivity contribution is -0.129. The van der Waals surface area contributed by atoms with E-state index in [0.717, 1.165) is 12.2 Å². The Balaban J connectivity index is 3.97.